The van der Waals surface area contributed by atoms with E-state index in [2.05, 4.69) is 10.2 Å². The molecule has 0 atom stereocenters. The lowest BCUT2D eigenvalue weighted by molar-refractivity contribution is -0.117. The topological polar surface area (TPSA) is 84.9 Å². The highest BCUT2D eigenvalue weighted by molar-refractivity contribution is 7.17. The van der Waals surface area contributed by atoms with Gasteiger partial charge in [-0.1, -0.05) is 0 Å². The van der Waals surface area contributed by atoms with Crippen LogP contribution in [0.5, 0.6) is 5.75 Å². The van der Waals surface area contributed by atoms with Crippen molar-refractivity contribution in [3.05, 3.63) is 45.8 Å². The van der Waals surface area contributed by atoms with Gasteiger partial charge >= 0.3 is 5.97 Å². The van der Waals surface area contributed by atoms with Crippen molar-refractivity contribution in [3.8, 4) is 5.75 Å². The van der Waals surface area contributed by atoms with E-state index < -0.39 is 0 Å². The van der Waals surface area contributed by atoms with E-state index in [1.807, 2.05) is 0 Å². The van der Waals surface area contributed by atoms with Gasteiger partial charge in [0, 0.05) is 16.4 Å². The van der Waals surface area contributed by atoms with Crippen LogP contribution in [0.3, 0.4) is 0 Å². The zero-order chi connectivity index (χ0) is 23.4. The van der Waals surface area contributed by atoms with Crippen molar-refractivity contribution in [1.29, 1.82) is 0 Å². The van der Waals surface area contributed by atoms with Gasteiger partial charge in [0.1, 0.15) is 10.8 Å². The molecule has 1 aromatic carbocycles. The summed E-state index contributed by atoms with van der Waals surface area (Å²) in [6.45, 7) is 1.61. The van der Waals surface area contributed by atoms with E-state index in [-0.39, 0.29) is 30.1 Å². The van der Waals surface area contributed by atoms with Gasteiger partial charge in [-0.2, -0.15) is 0 Å². The third kappa shape index (κ3) is 5.28. The minimum Gasteiger partial charge on any atom is -0.497 e. The summed E-state index contributed by atoms with van der Waals surface area (Å²) in [6.07, 6.45) is 5.38. The Kier molecular flexibility index (Phi) is 7.45. The number of benzene rings is 1. The van der Waals surface area contributed by atoms with Crippen LogP contribution in [0.2, 0.25) is 0 Å². The quantitative estimate of drug-likeness (QED) is 0.487. The van der Waals surface area contributed by atoms with Crippen molar-refractivity contribution in [2.45, 2.75) is 38.5 Å². The molecular weight excluding hydrogens is 440 g/mol. The van der Waals surface area contributed by atoms with Crippen molar-refractivity contribution in [1.82, 2.24) is 4.90 Å². The van der Waals surface area contributed by atoms with E-state index in [0.29, 0.717) is 29.2 Å². The Bertz CT molecular complexity index is 1020. The Morgan fingerprint density at radius 2 is 1.76 bits per heavy atom. The van der Waals surface area contributed by atoms with Gasteiger partial charge in [-0.05, 0) is 81.4 Å². The third-order valence-corrected chi connectivity index (χ3v) is 7.72. The number of thiophene rings is 1. The summed E-state index contributed by atoms with van der Waals surface area (Å²) in [4.78, 5) is 41.2. The molecule has 1 amide bonds. The molecule has 33 heavy (non-hydrogen) atoms. The second-order valence-corrected chi connectivity index (χ2v) is 9.70. The molecule has 1 saturated heterocycles. The number of nitrogens with one attached hydrogen (secondary N) is 1. The fourth-order valence-corrected chi connectivity index (χ4v) is 5.98. The fourth-order valence-electron chi connectivity index (χ4n) is 4.69. The van der Waals surface area contributed by atoms with Crippen molar-refractivity contribution in [3.63, 3.8) is 0 Å². The predicted molar refractivity (Wildman–Crippen MR) is 127 cm³/mol. The molecule has 2 aromatic rings. The second kappa shape index (κ2) is 10.5. The van der Waals surface area contributed by atoms with Crippen LogP contribution in [0, 0.1) is 5.92 Å². The van der Waals surface area contributed by atoms with E-state index >= 15 is 0 Å². The van der Waals surface area contributed by atoms with Crippen LogP contribution in [0.25, 0.3) is 0 Å². The molecule has 1 aromatic heterocycles. The molecule has 1 aliphatic carbocycles. The molecule has 0 spiro atoms. The van der Waals surface area contributed by atoms with Crippen LogP contribution in [0.1, 0.15) is 56.8 Å². The summed E-state index contributed by atoms with van der Waals surface area (Å²) < 4.78 is 10.1. The number of methoxy groups -OCH3 is 2. The van der Waals surface area contributed by atoms with E-state index in [0.717, 1.165) is 49.8 Å². The summed E-state index contributed by atoms with van der Waals surface area (Å²) in [6, 6.07) is 7.22. The Balaban J connectivity index is 1.33. The molecule has 0 saturated carbocycles. The molecule has 0 unspecified atom stereocenters. The molecular formula is C25H30N2O5S. The van der Waals surface area contributed by atoms with Gasteiger partial charge in [0.25, 0.3) is 0 Å². The molecule has 2 aliphatic rings. The van der Waals surface area contributed by atoms with Crippen LogP contribution in [-0.2, 0) is 22.4 Å². The van der Waals surface area contributed by atoms with Crippen molar-refractivity contribution >= 4 is 34.0 Å². The normalized spacial score (nSPS) is 16.7. The molecule has 1 fully saturated rings. The Morgan fingerprint density at radius 1 is 1.06 bits per heavy atom. The van der Waals surface area contributed by atoms with Crippen LogP contribution < -0.4 is 10.1 Å². The summed E-state index contributed by atoms with van der Waals surface area (Å²) in [5.41, 5.74) is 2.25. The molecule has 1 N–H and O–H groups in total. The molecule has 2 heterocycles. The average Bonchev–Trinajstić information content (AvgIpc) is 3.21. The summed E-state index contributed by atoms with van der Waals surface area (Å²) >= 11 is 1.50. The zero-order valence-corrected chi connectivity index (χ0v) is 20.0. The van der Waals surface area contributed by atoms with Gasteiger partial charge in [-0.25, -0.2) is 4.79 Å². The van der Waals surface area contributed by atoms with E-state index in [9.17, 15) is 14.4 Å². The first-order valence-electron chi connectivity index (χ1n) is 11.4. The lowest BCUT2D eigenvalue weighted by Crippen LogP contribution is -2.40. The molecule has 0 bridgehead atoms. The Hall–Kier alpha value is -2.71. The number of ether oxygens (including phenoxy) is 2. The predicted octanol–water partition coefficient (Wildman–Crippen LogP) is 3.96. The lowest BCUT2D eigenvalue weighted by Gasteiger charge is -2.30. The van der Waals surface area contributed by atoms with Crippen molar-refractivity contribution in [2.75, 3.05) is 39.2 Å². The van der Waals surface area contributed by atoms with Crippen molar-refractivity contribution in [2.24, 2.45) is 5.92 Å². The van der Waals surface area contributed by atoms with Gasteiger partial charge in [0.05, 0.1) is 26.3 Å². The third-order valence-electron chi connectivity index (χ3n) is 6.51. The molecule has 7 nitrogen and oxygen atoms in total. The highest BCUT2D eigenvalue weighted by atomic mass is 32.1. The van der Waals surface area contributed by atoms with Crippen molar-refractivity contribution < 1.29 is 23.9 Å². The van der Waals surface area contributed by atoms with E-state index in [4.69, 9.17) is 9.47 Å². The van der Waals surface area contributed by atoms with Gasteiger partial charge in [0.15, 0.2) is 5.78 Å². The lowest BCUT2D eigenvalue weighted by atomic mass is 9.89. The number of aryl methyl sites for hydroxylation is 1. The highest BCUT2D eigenvalue weighted by Crippen LogP contribution is 2.38. The smallest absolute Gasteiger partial charge is 0.341 e. The first kappa shape index (κ1) is 23.4. The Labute approximate surface area is 198 Å². The number of esters is 1. The number of likely N-dealkylation sites (tertiary alicyclic amines) is 1. The number of carbonyl (C=O) groups excluding carboxylic acids is 3. The number of hydrogen-bond donors (Lipinski definition) is 1. The molecule has 4 rings (SSSR count). The monoisotopic (exact) mass is 470 g/mol. The maximum Gasteiger partial charge on any atom is 0.341 e. The first-order valence-corrected chi connectivity index (χ1v) is 12.2. The standard InChI is InChI=1S/C25H30N2O5S/c1-31-18-9-7-16(8-10-18)23(29)17-11-13-27(14-12-17)15-21(28)26-24-22(25(30)32-2)19-5-3-4-6-20(19)33-24/h7-10,17H,3-6,11-15H2,1-2H3,(H,26,28). The van der Waals surface area contributed by atoms with Gasteiger partial charge in [-0.15, -0.1) is 11.3 Å². The number of anilines is 1. The van der Waals surface area contributed by atoms with Crippen LogP contribution >= 0.6 is 11.3 Å². The largest absolute Gasteiger partial charge is 0.497 e. The fraction of sp³-hybridized carbons (Fsp3) is 0.480. The number of ketones is 1. The van der Waals surface area contributed by atoms with E-state index in [1.54, 1.807) is 31.4 Å². The van der Waals surface area contributed by atoms with Gasteiger partial charge < -0.3 is 14.8 Å². The Morgan fingerprint density at radius 3 is 2.42 bits per heavy atom. The number of nitrogens with zero attached hydrogens (tertiary/aromatic N) is 1. The summed E-state index contributed by atoms with van der Waals surface area (Å²) in [7, 11) is 2.98. The zero-order valence-electron chi connectivity index (χ0n) is 19.1. The van der Waals surface area contributed by atoms with Crippen LogP contribution in [0.4, 0.5) is 5.00 Å². The maximum absolute atomic E-state index is 12.8. The second-order valence-electron chi connectivity index (χ2n) is 8.60. The minimum atomic E-state index is -0.387. The minimum absolute atomic E-state index is 0.0346. The first-order chi connectivity index (χ1) is 16.0. The number of Topliss-reactive ketones (excluding diaryl/α,β-unsaturated/α-hetero) is 1. The molecule has 1 aliphatic heterocycles. The van der Waals surface area contributed by atoms with Gasteiger partial charge in [0.2, 0.25) is 5.91 Å². The van der Waals surface area contributed by atoms with Crippen LogP contribution in [0.15, 0.2) is 24.3 Å². The van der Waals surface area contributed by atoms with Gasteiger partial charge in [-0.3, -0.25) is 14.5 Å². The highest BCUT2D eigenvalue weighted by Gasteiger charge is 2.29. The molecule has 176 valence electrons. The van der Waals surface area contributed by atoms with Crippen LogP contribution in [-0.4, -0.2) is 56.4 Å². The number of piperidine rings is 1. The number of hydrogen-bond acceptors (Lipinski definition) is 7. The summed E-state index contributed by atoms with van der Waals surface area (Å²) in [5.74, 6) is 0.317. The molecule has 8 heteroatoms. The molecule has 0 radical (unpaired) electrons. The average molecular weight is 471 g/mol. The number of rotatable bonds is 7. The van der Waals surface area contributed by atoms with E-state index in [1.165, 1.54) is 23.3 Å². The SMILES string of the molecule is COC(=O)c1c(NC(=O)CN2CCC(C(=O)c3ccc(OC)cc3)CC2)sc2c1CCCC2. The number of fused-ring (bicyclic) bond motifs is 1. The number of amides is 1. The maximum atomic E-state index is 12.8. The number of carbonyl (C=O) groups is 3. The summed E-state index contributed by atoms with van der Waals surface area (Å²) in [5, 5.41) is 3.56.